The van der Waals surface area contributed by atoms with E-state index in [1.807, 2.05) is 16.7 Å². The van der Waals surface area contributed by atoms with Gasteiger partial charge in [-0.05, 0) is 68.9 Å². The van der Waals surface area contributed by atoms with Crippen molar-refractivity contribution in [1.29, 1.82) is 0 Å². The smallest absolute Gasteiger partial charge is 0.188 e. The zero-order valence-electron chi connectivity index (χ0n) is 27.9. The van der Waals surface area contributed by atoms with Crippen molar-refractivity contribution < 1.29 is 25.2 Å². The standard InChI is InChI=1S/C37H35N4Si.Pt/c1-26-20-21-38-36(22-26)41-32-15-8-7-14-30(32)31-19-18-29(24-35(31)41)42(5,6)28-13-11-12-27(23-28)39-25-40(37(2,3)4)34-17-10-9-16-33(34)39;/h7-22,25H,1-6H3;/q-1;/i1D3;. The van der Waals surface area contributed by atoms with Gasteiger partial charge in [0.1, 0.15) is 5.82 Å². The number of fused-ring (bicyclic) bond motifs is 4. The topological polar surface area (TPSA) is 27.7 Å². The van der Waals surface area contributed by atoms with E-state index in [1.165, 1.54) is 10.7 Å². The fraction of sp³-hybridized carbons (Fsp3) is 0.189. The molecule has 0 N–H and O–H groups in total. The number of imidazole rings is 1. The van der Waals surface area contributed by atoms with Crippen LogP contribution in [0.5, 0.6) is 0 Å². The number of aryl methyl sites for hydroxylation is 1. The van der Waals surface area contributed by atoms with Crippen LogP contribution in [0.4, 0.5) is 0 Å². The van der Waals surface area contributed by atoms with Crippen molar-refractivity contribution in [3.05, 3.63) is 121 Å². The second-order valence-electron chi connectivity index (χ2n) is 12.5. The Morgan fingerprint density at radius 1 is 0.791 bits per heavy atom. The average molecular weight is 762 g/mol. The summed E-state index contributed by atoms with van der Waals surface area (Å²) < 4.78 is 30.5. The number of hydrogen-bond acceptors (Lipinski definition) is 1. The molecule has 0 saturated carbocycles. The molecule has 0 aliphatic rings. The minimum atomic E-state index is -2.30. The Hall–Kier alpha value is -3.79. The van der Waals surface area contributed by atoms with Crippen LogP contribution in [0.2, 0.25) is 13.1 Å². The maximum absolute atomic E-state index is 7.98. The van der Waals surface area contributed by atoms with Crippen LogP contribution in [0.3, 0.4) is 0 Å². The summed E-state index contributed by atoms with van der Waals surface area (Å²) in [5.41, 5.74) is 5.39. The Kier molecular flexibility index (Phi) is 6.41. The molecule has 4 aromatic carbocycles. The van der Waals surface area contributed by atoms with Gasteiger partial charge in [-0.15, -0.1) is 17.5 Å². The predicted molar refractivity (Wildman–Crippen MR) is 178 cm³/mol. The summed E-state index contributed by atoms with van der Waals surface area (Å²) in [7, 11) is -2.30. The summed E-state index contributed by atoms with van der Waals surface area (Å²) in [6.45, 7) is 9.12. The molecule has 6 heteroatoms. The first kappa shape index (κ1) is 25.7. The fourth-order valence-electron chi connectivity index (χ4n) is 5.98. The van der Waals surface area contributed by atoms with Gasteiger partial charge >= 0.3 is 0 Å². The van der Waals surface area contributed by atoms with E-state index < -0.39 is 14.9 Å². The van der Waals surface area contributed by atoms with Crippen LogP contribution < -0.4 is 10.4 Å². The molecule has 7 rings (SSSR count). The van der Waals surface area contributed by atoms with Crippen LogP contribution in [0, 0.1) is 19.0 Å². The molecule has 218 valence electrons. The Morgan fingerprint density at radius 3 is 2.28 bits per heavy atom. The molecular weight excluding hydrogens is 724 g/mol. The monoisotopic (exact) mass is 761 g/mol. The van der Waals surface area contributed by atoms with Crippen molar-refractivity contribution in [3.63, 3.8) is 0 Å². The minimum Gasteiger partial charge on any atom is -0.319 e. The van der Waals surface area contributed by atoms with Gasteiger partial charge in [0, 0.05) is 54.7 Å². The first-order chi connectivity index (χ1) is 21.3. The van der Waals surface area contributed by atoms with Gasteiger partial charge in [0.2, 0.25) is 0 Å². The number of nitrogens with zero attached hydrogens (tertiary/aromatic N) is 4. The largest absolute Gasteiger partial charge is 0.319 e. The molecule has 0 spiro atoms. The van der Waals surface area contributed by atoms with E-state index in [0.29, 0.717) is 5.82 Å². The Bertz CT molecular complexity index is 2240. The quantitative estimate of drug-likeness (QED) is 0.134. The van der Waals surface area contributed by atoms with E-state index in [4.69, 9.17) is 4.11 Å². The molecule has 3 aromatic heterocycles. The third-order valence-corrected chi connectivity index (χ3v) is 11.6. The third kappa shape index (κ3) is 4.89. The molecule has 0 aliphatic heterocycles. The van der Waals surface area contributed by atoms with Crippen molar-refractivity contribution >= 4 is 51.3 Å². The second kappa shape index (κ2) is 10.7. The van der Waals surface area contributed by atoms with Crippen LogP contribution >= 0.6 is 0 Å². The molecular formula is C37H35N4PtSi-. The van der Waals surface area contributed by atoms with Crippen LogP contribution in [0.1, 0.15) is 30.4 Å². The SMILES string of the molecule is [2H]C([2H])([2H])c1ccnc(-n2c3[c-]c([Si](C)(C)c4[c-]c(-n5[cH+]n(C(C)(C)C)c6ccccc65)ccc4)ccc3c3ccccc32)c1.[Pt]. The zero-order valence-corrected chi connectivity index (χ0v) is 28.2. The molecule has 0 bridgehead atoms. The average Bonchev–Trinajstić information content (AvgIpc) is 3.57. The fourth-order valence-corrected chi connectivity index (χ4v) is 8.16. The number of pyridine rings is 1. The normalized spacial score (nSPS) is 13.6. The van der Waals surface area contributed by atoms with E-state index in [2.05, 4.69) is 133 Å². The Labute approximate surface area is 273 Å². The molecule has 0 aliphatic carbocycles. The maximum atomic E-state index is 7.98. The molecule has 0 unspecified atom stereocenters. The van der Waals surface area contributed by atoms with Crippen LogP contribution in [0.25, 0.3) is 44.3 Å². The molecule has 0 saturated heterocycles. The van der Waals surface area contributed by atoms with Crippen molar-refractivity contribution in [1.82, 2.24) is 18.7 Å². The van der Waals surface area contributed by atoms with Crippen molar-refractivity contribution in [3.8, 4) is 11.5 Å². The number of rotatable bonds is 4. The molecule has 4 nitrogen and oxygen atoms in total. The molecule has 0 amide bonds. The second-order valence-corrected chi connectivity index (χ2v) is 16.8. The van der Waals surface area contributed by atoms with Gasteiger partial charge in [0.05, 0.1) is 13.6 Å². The molecule has 3 heterocycles. The van der Waals surface area contributed by atoms with Crippen LogP contribution in [-0.2, 0) is 26.6 Å². The van der Waals surface area contributed by atoms with E-state index in [1.54, 1.807) is 18.3 Å². The summed E-state index contributed by atoms with van der Waals surface area (Å²) in [5.74, 6) is 0.572. The Morgan fingerprint density at radius 2 is 1.51 bits per heavy atom. The van der Waals surface area contributed by atoms with Crippen LogP contribution in [-0.4, -0.2) is 26.8 Å². The number of benzene rings is 4. The summed E-state index contributed by atoms with van der Waals surface area (Å²) in [6, 6.07) is 38.4. The van der Waals surface area contributed by atoms with Gasteiger partial charge in [-0.3, -0.25) is 0 Å². The van der Waals surface area contributed by atoms with Gasteiger partial charge in [-0.1, -0.05) is 36.8 Å². The number of aromatic nitrogens is 4. The maximum Gasteiger partial charge on any atom is 0.188 e. The predicted octanol–water partition coefficient (Wildman–Crippen LogP) is 7.69. The van der Waals surface area contributed by atoms with E-state index in [-0.39, 0.29) is 32.2 Å². The van der Waals surface area contributed by atoms with Crippen molar-refractivity contribution in [2.24, 2.45) is 0 Å². The van der Waals surface area contributed by atoms with Gasteiger partial charge in [0.25, 0.3) is 0 Å². The molecule has 43 heavy (non-hydrogen) atoms. The Balaban J connectivity index is 0.00000372. The summed E-state index contributed by atoms with van der Waals surface area (Å²) in [6.07, 6.45) is 3.76. The summed E-state index contributed by atoms with van der Waals surface area (Å²) >= 11 is 0. The van der Waals surface area contributed by atoms with Gasteiger partial charge in [-0.25, -0.2) is 14.1 Å². The van der Waals surface area contributed by atoms with Crippen molar-refractivity contribution in [2.75, 3.05) is 0 Å². The number of hydrogen-bond donors (Lipinski definition) is 0. The van der Waals surface area contributed by atoms with Crippen molar-refractivity contribution in [2.45, 2.75) is 46.3 Å². The summed E-state index contributed by atoms with van der Waals surface area (Å²) in [4.78, 5) is 4.63. The first-order valence-corrected chi connectivity index (χ1v) is 17.3. The van der Waals surface area contributed by atoms with Gasteiger partial charge < -0.3 is 4.57 Å². The molecule has 7 aromatic rings. The summed E-state index contributed by atoms with van der Waals surface area (Å²) in [5, 5.41) is 4.46. The molecule has 0 fully saturated rings. The first-order valence-electron chi connectivity index (χ1n) is 15.8. The van der Waals surface area contributed by atoms with Crippen LogP contribution in [0.15, 0.2) is 104 Å². The van der Waals surface area contributed by atoms with Gasteiger partial charge in [0.15, 0.2) is 17.4 Å². The third-order valence-electron chi connectivity index (χ3n) is 8.30. The molecule has 0 atom stereocenters. The zero-order chi connectivity index (χ0) is 31.7. The molecule has 0 radical (unpaired) electrons. The van der Waals surface area contributed by atoms with E-state index in [9.17, 15) is 0 Å². The van der Waals surface area contributed by atoms with E-state index >= 15 is 0 Å². The van der Waals surface area contributed by atoms with E-state index in [0.717, 1.165) is 38.2 Å². The minimum absolute atomic E-state index is 0. The van der Waals surface area contributed by atoms with Gasteiger partial charge in [-0.2, -0.15) is 40.7 Å². The number of para-hydroxylation sites is 3.